The SMILES string of the molecule is COCC1CN(C(=O)CC2CN(C(=O)Cc3cnnn3C)C3(CCC3)CO2)C1. The molecule has 2 saturated heterocycles. The van der Waals surface area contributed by atoms with Crippen LogP contribution in [0.1, 0.15) is 31.4 Å². The van der Waals surface area contributed by atoms with Gasteiger partial charge in [0.15, 0.2) is 0 Å². The summed E-state index contributed by atoms with van der Waals surface area (Å²) in [6.07, 6.45) is 5.03. The smallest absolute Gasteiger partial charge is 0.229 e. The minimum absolute atomic E-state index is 0.0648. The monoisotopic (exact) mass is 391 g/mol. The third kappa shape index (κ3) is 3.65. The van der Waals surface area contributed by atoms with Gasteiger partial charge in [-0.3, -0.25) is 14.3 Å². The standard InChI is InChI=1S/C19H29N5O4/c1-22-15(8-20-21-22)6-18(26)24-11-16(28-13-19(24)4-3-5-19)7-17(25)23-9-14(10-23)12-27-2/h8,14,16H,3-7,9-13H2,1-2H3. The predicted octanol–water partition coefficient (Wildman–Crippen LogP) is 0.00260. The first-order valence-electron chi connectivity index (χ1n) is 10.0. The summed E-state index contributed by atoms with van der Waals surface area (Å²) < 4.78 is 12.8. The molecule has 0 aromatic carbocycles. The lowest BCUT2D eigenvalue weighted by molar-refractivity contribution is -0.174. The molecule has 9 heteroatoms. The molecule has 28 heavy (non-hydrogen) atoms. The van der Waals surface area contributed by atoms with E-state index in [0.717, 1.165) is 38.0 Å². The fraction of sp³-hybridized carbons (Fsp3) is 0.789. The maximum atomic E-state index is 13.1. The summed E-state index contributed by atoms with van der Waals surface area (Å²) >= 11 is 0. The van der Waals surface area contributed by atoms with Gasteiger partial charge >= 0.3 is 0 Å². The number of nitrogens with zero attached hydrogens (tertiary/aromatic N) is 5. The number of ether oxygens (including phenoxy) is 2. The average Bonchev–Trinajstić information content (AvgIpc) is 3.00. The topological polar surface area (TPSA) is 89.8 Å². The Morgan fingerprint density at radius 1 is 1.29 bits per heavy atom. The van der Waals surface area contributed by atoms with Crippen molar-refractivity contribution >= 4 is 11.8 Å². The van der Waals surface area contributed by atoms with Gasteiger partial charge in [0.1, 0.15) is 0 Å². The quantitative estimate of drug-likeness (QED) is 0.678. The Morgan fingerprint density at radius 2 is 2.07 bits per heavy atom. The van der Waals surface area contributed by atoms with Crippen molar-refractivity contribution in [3.63, 3.8) is 0 Å². The molecule has 3 aliphatic rings. The highest BCUT2D eigenvalue weighted by molar-refractivity contribution is 5.80. The molecular formula is C19H29N5O4. The second-order valence-electron chi connectivity index (χ2n) is 8.37. The molecule has 0 N–H and O–H groups in total. The van der Waals surface area contributed by atoms with Gasteiger partial charge in [0, 0.05) is 39.7 Å². The Balaban J connectivity index is 1.36. The maximum Gasteiger partial charge on any atom is 0.229 e. The number of hydrogen-bond acceptors (Lipinski definition) is 6. The van der Waals surface area contributed by atoms with Crippen LogP contribution >= 0.6 is 0 Å². The normalized spacial score (nSPS) is 24.1. The highest BCUT2D eigenvalue weighted by Gasteiger charge is 2.49. The van der Waals surface area contributed by atoms with Crippen LogP contribution in [0.15, 0.2) is 6.20 Å². The number of carbonyl (C=O) groups is 2. The lowest BCUT2D eigenvalue weighted by atomic mass is 9.74. The summed E-state index contributed by atoms with van der Waals surface area (Å²) in [4.78, 5) is 29.4. The Bertz CT molecular complexity index is 726. The van der Waals surface area contributed by atoms with Crippen molar-refractivity contribution in [2.24, 2.45) is 13.0 Å². The van der Waals surface area contributed by atoms with Gasteiger partial charge in [-0.1, -0.05) is 5.21 Å². The zero-order valence-corrected chi connectivity index (χ0v) is 16.7. The average molecular weight is 391 g/mol. The van der Waals surface area contributed by atoms with Gasteiger partial charge in [0.05, 0.1) is 49.6 Å². The zero-order chi connectivity index (χ0) is 19.7. The van der Waals surface area contributed by atoms with Crippen molar-refractivity contribution < 1.29 is 19.1 Å². The van der Waals surface area contributed by atoms with Gasteiger partial charge in [-0.25, -0.2) is 0 Å². The van der Waals surface area contributed by atoms with Crippen molar-refractivity contribution in [2.45, 2.75) is 43.7 Å². The molecule has 154 valence electrons. The van der Waals surface area contributed by atoms with E-state index in [4.69, 9.17) is 9.47 Å². The molecule has 1 atom stereocenters. The summed E-state index contributed by atoms with van der Waals surface area (Å²) in [6, 6.07) is 0. The molecule has 3 fully saturated rings. The van der Waals surface area contributed by atoms with E-state index in [-0.39, 0.29) is 29.9 Å². The van der Waals surface area contributed by atoms with Gasteiger partial charge in [-0.2, -0.15) is 0 Å². The maximum absolute atomic E-state index is 13.1. The first-order chi connectivity index (χ1) is 13.5. The van der Waals surface area contributed by atoms with Crippen molar-refractivity contribution in [1.29, 1.82) is 0 Å². The van der Waals surface area contributed by atoms with Crippen LogP contribution in [0.5, 0.6) is 0 Å². The minimum atomic E-state index is -0.242. The number of hydrogen-bond donors (Lipinski definition) is 0. The number of aryl methyl sites for hydroxylation is 1. The van der Waals surface area contributed by atoms with Crippen LogP contribution < -0.4 is 0 Å². The fourth-order valence-corrected chi connectivity index (χ4v) is 4.45. The van der Waals surface area contributed by atoms with E-state index in [2.05, 4.69) is 10.3 Å². The molecule has 1 aromatic heterocycles. The number of aromatic nitrogens is 3. The Labute approximate surface area is 164 Å². The van der Waals surface area contributed by atoms with E-state index in [1.54, 1.807) is 25.0 Å². The largest absolute Gasteiger partial charge is 0.384 e. The summed E-state index contributed by atoms with van der Waals surface area (Å²) in [5, 5.41) is 7.76. The molecular weight excluding hydrogens is 362 g/mol. The molecule has 1 aliphatic carbocycles. The number of amides is 2. The van der Waals surface area contributed by atoms with E-state index in [1.165, 1.54) is 0 Å². The molecule has 1 aromatic rings. The van der Waals surface area contributed by atoms with Gasteiger partial charge in [0.2, 0.25) is 11.8 Å². The van der Waals surface area contributed by atoms with E-state index >= 15 is 0 Å². The summed E-state index contributed by atoms with van der Waals surface area (Å²) in [5.74, 6) is 0.602. The first-order valence-corrected chi connectivity index (χ1v) is 10.0. The van der Waals surface area contributed by atoms with Crippen LogP contribution in [0.4, 0.5) is 0 Å². The highest BCUT2D eigenvalue weighted by atomic mass is 16.5. The number of rotatable bonds is 6. The second kappa shape index (κ2) is 7.79. The third-order valence-corrected chi connectivity index (χ3v) is 6.39. The minimum Gasteiger partial charge on any atom is -0.384 e. The fourth-order valence-electron chi connectivity index (χ4n) is 4.45. The Kier molecular flexibility index (Phi) is 5.37. The van der Waals surface area contributed by atoms with Crippen molar-refractivity contribution in [3.8, 4) is 0 Å². The summed E-state index contributed by atoms with van der Waals surface area (Å²) in [7, 11) is 3.48. The molecule has 3 heterocycles. The molecule has 0 radical (unpaired) electrons. The lowest BCUT2D eigenvalue weighted by Gasteiger charge is -2.54. The summed E-state index contributed by atoms with van der Waals surface area (Å²) in [6.45, 7) is 3.19. The lowest BCUT2D eigenvalue weighted by Crippen LogP contribution is -2.65. The van der Waals surface area contributed by atoms with E-state index in [1.807, 2.05) is 9.80 Å². The number of likely N-dealkylation sites (tertiary alicyclic amines) is 1. The van der Waals surface area contributed by atoms with E-state index in [0.29, 0.717) is 32.1 Å². The molecule has 1 saturated carbocycles. The van der Waals surface area contributed by atoms with Crippen LogP contribution in [0, 0.1) is 5.92 Å². The van der Waals surface area contributed by atoms with Crippen molar-refractivity contribution in [2.75, 3.05) is 40.0 Å². The van der Waals surface area contributed by atoms with Crippen LogP contribution in [0.3, 0.4) is 0 Å². The van der Waals surface area contributed by atoms with Crippen LogP contribution in [-0.2, 0) is 32.5 Å². The second-order valence-corrected chi connectivity index (χ2v) is 8.37. The van der Waals surface area contributed by atoms with Gasteiger partial charge in [0.25, 0.3) is 0 Å². The molecule has 0 bridgehead atoms. The molecule has 4 rings (SSSR count). The molecule has 2 amide bonds. The highest BCUT2D eigenvalue weighted by Crippen LogP contribution is 2.41. The van der Waals surface area contributed by atoms with Gasteiger partial charge < -0.3 is 19.3 Å². The Morgan fingerprint density at radius 3 is 2.68 bits per heavy atom. The van der Waals surface area contributed by atoms with Gasteiger partial charge in [-0.05, 0) is 19.3 Å². The van der Waals surface area contributed by atoms with E-state index < -0.39 is 0 Å². The number of carbonyl (C=O) groups excluding carboxylic acids is 2. The van der Waals surface area contributed by atoms with Crippen molar-refractivity contribution in [3.05, 3.63) is 11.9 Å². The Hall–Kier alpha value is -2.00. The predicted molar refractivity (Wildman–Crippen MR) is 99.3 cm³/mol. The molecule has 1 unspecified atom stereocenters. The molecule has 1 spiro atoms. The van der Waals surface area contributed by atoms with Crippen LogP contribution in [0.25, 0.3) is 0 Å². The van der Waals surface area contributed by atoms with Crippen molar-refractivity contribution in [1.82, 2.24) is 24.8 Å². The number of methoxy groups -OCH3 is 1. The van der Waals surface area contributed by atoms with E-state index in [9.17, 15) is 9.59 Å². The van der Waals surface area contributed by atoms with Gasteiger partial charge in [-0.15, -0.1) is 5.10 Å². The zero-order valence-electron chi connectivity index (χ0n) is 16.7. The molecule has 2 aliphatic heterocycles. The van der Waals surface area contributed by atoms with Crippen LogP contribution in [-0.4, -0.2) is 88.2 Å². The molecule has 9 nitrogen and oxygen atoms in total. The summed E-state index contributed by atoms with van der Waals surface area (Å²) in [5.41, 5.74) is 0.603. The third-order valence-electron chi connectivity index (χ3n) is 6.39. The van der Waals surface area contributed by atoms with Crippen LogP contribution in [0.2, 0.25) is 0 Å². The first kappa shape index (κ1) is 19.3. The number of morpholine rings is 1.